The number of aliphatic carboxylic acids is 1. The fourth-order valence-corrected chi connectivity index (χ4v) is 4.03. The number of hydrogen-bond donors (Lipinski definition) is 1. The molecular weight excluding hydrogens is 374 g/mol. The van der Waals surface area contributed by atoms with Gasteiger partial charge in [0.2, 0.25) is 0 Å². The molecule has 0 saturated carbocycles. The third-order valence-electron chi connectivity index (χ3n) is 3.69. The first-order valence-corrected chi connectivity index (χ1v) is 8.52. The smallest absolute Gasteiger partial charge is 0.393 e. The second-order valence-electron chi connectivity index (χ2n) is 5.28. The van der Waals surface area contributed by atoms with Crippen LogP contribution in [0.5, 0.6) is 0 Å². The molecular formula is C14H14Cl2F3NO2S. The largest absolute Gasteiger partial charge is 0.481 e. The lowest BCUT2D eigenvalue weighted by atomic mass is 9.96. The predicted octanol–water partition coefficient (Wildman–Crippen LogP) is 4.28. The van der Waals surface area contributed by atoms with Gasteiger partial charge in [0.15, 0.2) is 0 Å². The lowest BCUT2D eigenvalue weighted by Crippen LogP contribution is -2.33. The van der Waals surface area contributed by atoms with Crippen molar-refractivity contribution in [2.75, 3.05) is 25.4 Å². The second-order valence-corrected chi connectivity index (χ2v) is 7.26. The Balaban J connectivity index is 1.92. The van der Waals surface area contributed by atoms with Crippen LogP contribution in [0.4, 0.5) is 13.2 Å². The zero-order valence-electron chi connectivity index (χ0n) is 11.8. The topological polar surface area (TPSA) is 40.5 Å². The molecule has 1 heterocycles. The van der Waals surface area contributed by atoms with E-state index in [0.717, 1.165) is 4.90 Å². The van der Waals surface area contributed by atoms with Crippen LogP contribution in [0.25, 0.3) is 0 Å². The summed E-state index contributed by atoms with van der Waals surface area (Å²) in [6.07, 6.45) is -4.50. The van der Waals surface area contributed by atoms with Gasteiger partial charge in [-0.25, -0.2) is 0 Å². The number of carbonyl (C=O) groups is 1. The summed E-state index contributed by atoms with van der Waals surface area (Å²) >= 11 is 13.3. The van der Waals surface area contributed by atoms with E-state index in [0.29, 0.717) is 22.3 Å². The van der Waals surface area contributed by atoms with Crippen LogP contribution in [-0.4, -0.2) is 47.5 Å². The fourth-order valence-electron chi connectivity index (χ4n) is 2.52. The van der Waals surface area contributed by atoms with E-state index in [1.54, 1.807) is 18.2 Å². The van der Waals surface area contributed by atoms with Crippen molar-refractivity contribution in [1.29, 1.82) is 0 Å². The Labute approximate surface area is 145 Å². The highest BCUT2D eigenvalue weighted by molar-refractivity contribution is 7.99. The number of alkyl halides is 3. The highest BCUT2D eigenvalue weighted by Gasteiger charge is 2.52. The molecule has 0 spiro atoms. The number of likely N-dealkylation sites (tertiary alicyclic amines) is 1. The minimum atomic E-state index is -4.50. The van der Waals surface area contributed by atoms with Crippen molar-refractivity contribution in [3.63, 3.8) is 0 Å². The van der Waals surface area contributed by atoms with Gasteiger partial charge in [-0.3, -0.25) is 4.79 Å². The quantitative estimate of drug-likeness (QED) is 0.765. The van der Waals surface area contributed by atoms with Gasteiger partial charge in [-0.15, -0.1) is 11.8 Å². The summed E-state index contributed by atoms with van der Waals surface area (Å²) in [7, 11) is 0. The van der Waals surface area contributed by atoms with Gasteiger partial charge in [-0.2, -0.15) is 13.2 Å². The molecule has 0 radical (unpaired) electrons. The number of benzene rings is 1. The number of nitrogens with zero attached hydrogens (tertiary/aromatic N) is 1. The van der Waals surface area contributed by atoms with E-state index >= 15 is 0 Å². The van der Waals surface area contributed by atoms with Gasteiger partial charge < -0.3 is 10.0 Å². The minimum Gasteiger partial charge on any atom is -0.481 e. The van der Waals surface area contributed by atoms with Gasteiger partial charge in [0.25, 0.3) is 0 Å². The normalized spacial score (nSPS) is 22.5. The van der Waals surface area contributed by atoms with E-state index in [4.69, 9.17) is 28.3 Å². The number of rotatable bonds is 5. The maximum absolute atomic E-state index is 12.9. The molecule has 23 heavy (non-hydrogen) atoms. The van der Waals surface area contributed by atoms with Crippen LogP contribution in [0, 0.1) is 11.8 Å². The monoisotopic (exact) mass is 387 g/mol. The van der Waals surface area contributed by atoms with Crippen LogP contribution >= 0.6 is 35.0 Å². The fraction of sp³-hybridized carbons (Fsp3) is 0.500. The third-order valence-corrected chi connectivity index (χ3v) is 5.40. The van der Waals surface area contributed by atoms with Gasteiger partial charge in [-0.1, -0.05) is 23.2 Å². The van der Waals surface area contributed by atoms with Crippen molar-refractivity contribution in [2.24, 2.45) is 11.8 Å². The Morgan fingerprint density at radius 2 is 2.04 bits per heavy atom. The van der Waals surface area contributed by atoms with Crippen LogP contribution in [0.15, 0.2) is 23.1 Å². The number of carboxylic acids is 1. The Hall–Kier alpha value is -0.630. The molecule has 1 saturated heterocycles. The van der Waals surface area contributed by atoms with Crippen LogP contribution in [0.1, 0.15) is 0 Å². The zero-order chi connectivity index (χ0) is 17.2. The Morgan fingerprint density at radius 3 is 2.61 bits per heavy atom. The first-order valence-electron chi connectivity index (χ1n) is 6.78. The molecule has 9 heteroatoms. The van der Waals surface area contributed by atoms with Crippen LogP contribution in [0.3, 0.4) is 0 Å². The van der Waals surface area contributed by atoms with Crippen molar-refractivity contribution in [3.05, 3.63) is 28.2 Å². The number of thioether (sulfide) groups is 1. The Bertz CT molecular complexity index is 586. The summed E-state index contributed by atoms with van der Waals surface area (Å²) in [5, 5.41) is 10.0. The summed E-state index contributed by atoms with van der Waals surface area (Å²) < 4.78 is 38.7. The molecule has 1 aromatic carbocycles. The molecule has 128 valence electrons. The maximum Gasteiger partial charge on any atom is 0.393 e. The molecule has 1 aliphatic rings. The lowest BCUT2D eigenvalue weighted by Gasteiger charge is -2.18. The molecule has 0 amide bonds. The van der Waals surface area contributed by atoms with E-state index in [9.17, 15) is 18.0 Å². The van der Waals surface area contributed by atoms with Crippen LogP contribution in [0.2, 0.25) is 10.0 Å². The van der Waals surface area contributed by atoms with E-state index in [-0.39, 0.29) is 13.1 Å². The molecule has 1 N–H and O–H groups in total. The van der Waals surface area contributed by atoms with E-state index in [2.05, 4.69) is 0 Å². The van der Waals surface area contributed by atoms with E-state index < -0.39 is 24.0 Å². The van der Waals surface area contributed by atoms with Crippen molar-refractivity contribution in [2.45, 2.75) is 11.1 Å². The molecule has 0 bridgehead atoms. The van der Waals surface area contributed by atoms with Crippen molar-refractivity contribution < 1.29 is 23.1 Å². The van der Waals surface area contributed by atoms with Crippen molar-refractivity contribution in [3.8, 4) is 0 Å². The molecule has 1 aliphatic heterocycles. The molecule has 1 fully saturated rings. The van der Waals surface area contributed by atoms with Crippen molar-refractivity contribution in [1.82, 2.24) is 4.90 Å². The number of hydrogen-bond acceptors (Lipinski definition) is 3. The molecule has 1 aromatic rings. The van der Waals surface area contributed by atoms with Gasteiger partial charge in [0, 0.05) is 35.3 Å². The Kier molecular flexibility index (Phi) is 6.10. The van der Waals surface area contributed by atoms with E-state index in [1.165, 1.54) is 16.7 Å². The first kappa shape index (κ1) is 18.7. The molecule has 0 unspecified atom stereocenters. The first-order chi connectivity index (χ1) is 10.7. The molecule has 2 rings (SSSR count). The standard InChI is InChI=1S/C14H14Cl2F3NO2S/c15-8-1-2-11(16)12(5-8)23-4-3-20-6-9(13(21)22)10(7-20)14(17,18)19/h1-2,5,9-10H,3-4,6-7H2,(H,21,22)/t9-,10-/m1/s1. The van der Waals surface area contributed by atoms with Gasteiger partial charge in [0.1, 0.15) is 0 Å². The summed E-state index contributed by atoms with van der Waals surface area (Å²) in [5.74, 6) is -4.13. The van der Waals surface area contributed by atoms with Gasteiger partial charge in [0.05, 0.1) is 16.9 Å². The number of carboxylic acid groups (broad SMARTS) is 1. The summed E-state index contributed by atoms with van der Waals surface area (Å²) in [6.45, 7) is -0.0302. The lowest BCUT2D eigenvalue weighted by molar-refractivity contribution is -0.188. The predicted molar refractivity (Wildman–Crippen MR) is 84.3 cm³/mol. The second kappa shape index (κ2) is 7.51. The maximum atomic E-state index is 12.9. The molecule has 3 nitrogen and oxygen atoms in total. The summed E-state index contributed by atoms with van der Waals surface area (Å²) in [4.78, 5) is 13.3. The molecule has 0 aliphatic carbocycles. The van der Waals surface area contributed by atoms with E-state index in [1.807, 2.05) is 0 Å². The summed E-state index contributed by atoms with van der Waals surface area (Å²) in [5.41, 5.74) is 0. The zero-order valence-corrected chi connectivity index (χ0v) is 14.1. The van der Waals surface area contributed by atoms with Gasteiger partial charge >= 0.3 is 12.1 Å². The number of halogens is 5. The molecule has 2 atom stereocenters. The molecule has 0 aromatic heterocycles. The van der Waals surface area contributed by atoms with Gasteiger partial charge in [-0.05, 0) is 18.2 Å². The average molecular weight is 388 g/mol. The summed E-state index contributed by atoms with van der Waals surface area (Å²) in [6, 6.07) is 5.00. The van der Waals surface area contributed by atoms with Crippen LogP contribution < -0.4 is 0 Å². The van der Waals surface area contributed by atoms with Crippen molar-refractivity contribution >= 4 is 40.9 Å². The highest BCUT2D eigenvalue weighted by Crippen LogP contribution is 2.38. The Morgan fingerprint density at radius 1 is 1.35 bits per heavy atom. The highest BCUT2D eigenvalue weighted by atomic mass is 35.5. The SMILES string of the molecule is O=C(O)[C@@H]1CN(CCSc2cc(Cl)ccc2Cl)C[C@H]1C(F)(F)F. The third kappa shape index (κ3) is 4.92. The minimum absolute atomic E-state index is 0.0939. The van der Waals surface area contributed by atoms with Crippen LogP contribution in [-0.2, 0) is 4.79 Å². The average Bonchev–Trinajstić information content (AvgIpc) is 2.87.